The molecule has 1 aromatic rings. The van der Waals surface area contributed by atoms with Gasteiger partial charge in [0.25, 0.3) is 5.91 Å². The van der Waals surface area contributed by atoms with Crippen molar-refractivity contribution in [2.24, 2.45) is 0 Å². The van der Waals surface area contributed by atoms with Gasteiger partial charge < -0.3 is 20.4 Å². The summed E-state index contributed by atoms with van der Waals surface area (Å²) < 4.78 is 0. The van der Waals surface area contributed by atoms with E-state index >= 15 is 0 Å². The van der Waals surface area contributed by atoms with Crippen LogP contribution in [0.4, 0.5) is 5.69 Å². The average Bonchev–Trinajstić information content (AvgIpc) is 2.52. The first kappa shape index (κ1) is 19.5. The van der Waals surface area contributed by atoms with Crippen LogP contribution in [0.25, 0.3) is 0 Å². The van der Waals surface area contributed by atoms with Crippen molar-refractivity contribution in [1.82, 2.24) is 5.32 Å². The number of carbonyl (C=O) groups excluding carboxylic acids is 1. The molecule has 0 aliphatic carbocycles. The monoisotopic (exact) mass is 362 g/mol. The van der Waals surface area contributed by atoms with Gasteiger partial charge in [0.1, 0.15) is 0 Å². The highest BCUT2D eigenvalue weighted by atomic mass is 35.5. The van der Waals surface area contributed by atoms with E-state index in [1.165, 1.54) is 0 Å². The number of benzene rings is 1. The van der Waals surface area contributed by atoms with Crippen LogP contribution in [0.5, 0.6) is 0 Å². The predicted octanol–water partition coefficient (Wildman–Crippen LogP) is 1.45. The molecule has 0 aromatic heterocycles. The number of nitrogens with one attached hydrogen (secondary N) is 1. The van der Waals surface area contributed by atoms with Crippen LogP contribution >= 0.6 is 23.2 Å². The largest absolute Gasteiger partial charge is 0.480 e. The fraction of sp³-hybridized carbons (Fsp3) is 0.467. The van der Waals surface area contributed by atoms with Crippen LogP contribution in [0.3, 0.4) is 0 Å². The van der Waals surface area contributed by atoms with Gasteiger partial charge in [0.15, 0.2) is 6.04 Å². The lowest BCUT2D eigenvalue weighted by Gasteiger charge is -2.25. The number of carboxylic acids is 1. The van der Waals surface area contributed by atoms with Gasteiger partial charge in [-0.25, -0.2) is 4.79 Å². The highest BCUT2D eigenvalue weighted by Crippen LogP contribution is 2.22. The van der Waals surface area contributed by atoms with Gasteiger partial charge in [-0.1, -0.05) is 6.07 Å². The maximum atomic E-state index is 12.2. The molecule has 0 saturated heterocycles. The van der Waals surface area contributed by atoms with E-state index in [-0.39, 0.29) is 0 Å². The van der Waals surface area contributed by atoms with Gasteiger partial charge >= 0.3 is 5.97 Å². The van der Waals surface area contributed by atoms with Gasteiger partial charge in [0.05, 0.1) is 6.61 Å². The van der Waals surface area contributed by atoms with Crippen LogP contribution in [0.1, 0.15) is 15.9 Å². The topological polar surface area (TPSA) is 89.9 Å². The number of anilines is 1. The zero-order chi connectivity index (χ0) is 17.4. The van der Waals surface area contributed by atoms with E-state index in [9.17, 15) is 9.59 Å². The predicted molar refractivity (Wildman–Crippen MR) is 90.8 cm³/mol. The molecule has 1 rings (SSSR count). The molecule has 8 heteroatoms. The quantitative estimate of drug-likeness (QED) is 0.578. The molecule has 0 fully saturated rings. The Morgan fingerprint density at radius 3 is 2.35 bits per heavy atom. The second-order valence-electron chi connectivity index (χ2n) is 4.91. The number of aliphatic hydroxyl groups excluding tert-OH is 1. The third-order valence-electron chi connectivity index (χ3n) is 3.31. The fourth-order valence-electron chi connectivity index (χ4n) is 2.08. The summed E-state index contributed by atoms with van der Waals surface area (Å²) in [4.78, 5) is 25.0. The Balaban J connectivity index is 3.03. The van der Waals surface area contributed by atoms with Gasteiger partial charge in [0.2, 0.25) is 0 Å². The van der Waals surface area contributed by atoms with Crippen molar-refractivity contribution < 1.29 is 19.8 Å². The van der Waals surface area contributed by atoms with Crippen molar-refractivity contribution in [3.63, 3.8) is 0 Å². The van der Waals surface area contributed by atoms with Crippen LogP contribution in [0.2, 0.25) is 0 Å². The van der Waals surface area contributed by atoms with Crippen LogP contribution in [-0.2, 0) is 4.79 Å². The van der Waals surface area contributed by atoms with E-state index in [2.05, 4.69) is 5.32 Å². The smallest absolute Gasteiger partial charge is 0.328 e. The first-order valence-corrected chi connectivity index (χ1v) is 8.13. The zero-order valence-corrected chi connectivity index (χ0v) is 14.3. The summed E-state index contributed by atoms with van der Waals surface area (Å²) in [5, 5.41) is 20.1. The molecule has 1 amide bonds. The van der Waals surface area contributed by atoms with Crippen molar-refractivity contribution in [2.45, 2.75) is 13.0 Å². The Bertz CT molecular complexity index is 548. The lowest BCUT2D eigenvalue weighted by molar-refractivity contribution is -0.140. The minimum absolute atomic E-state index is 0.305. The maximum Gasteiger partial charge on any atom is 0.328 e. The number of alkyl halides is 2. The minimum Gasteiger partial charge on any atom is -0.480 e. The number of aliphatic carboxylic acids is 1. The number of aryl methyl sites for hydroxylation is 1. The van der Waals surface area contributed by atoms with Crippen molar-refractivity contribution in [3.8, 4) is 0 Å². The van der Waals surface area contributed by atoms with Crippen molar-refractivity contribution in [1.29, 1.82) is 0 Å². The van der Waals surface area contributed by atoms with E-state index < -0.39 is 24.5 Å². The molecule has 0 saturated carbocycles. The summed E-state index contributed by atoms with van der Waals surface area (Å²) >= 11 is 11.6. The molecular weight excluding hydrogens is 343 g/mol. The molecule has 3 N–H and O–H groups in total. The molecular formula is C15H20Cl2N2O4. The van der Waals surface area contributed by atoms with Crippen LogP contribution in [0, 0.1) is 6.92 Å². The number of amides is 1. The fourth-order valence-corrected chi connectivity index (χ4v) is 2.48. The minimum atomic E-state index is -1.34. The normalized spacial score (nSPS) is 11.8. The van der Waals surface area contributed by atoms with Crippen molar-refractivity contribution >= 4 is 40.8 Å². The molecule has 0 aliphatic rings. The third-order valence-corrected chi connectivity index (χ3v) is 3.64. The Kier molecular flexibility index (Phi) is 8.16. The molecule has 0 aliphatic heterocycles. The number of hydrogen-bond acceptors (Lipinski definition) is 4. The van der Waals surface area contributed by atoms with Gasteiger partial charge in [-0.15, -0.1) is 23.2 Å². The van der Waals surface area contributed by atoms with Crippen LogP contribution < -0.4 is 10.2 Å². The molecule has 0 radical (unpaired) electrons. The first-order valence-electron chi connectivity index (χ1n) is 7.06. The second-order valence-corrected chi connectivity index (χ2v) is 5.67. The summed E-state index contributed by atoms with van der Waals surface area (Å²) in [7, 11) is 0. The maximum absolute atomic E-state index is 12.2. The molecule has 0 bridgehead atoms. The van der Waals surface area contributed by atoms with Gasteiger partial charge in [-0.3, -0.25) is 4.79 Å². The van der Waals surface area contributed by atoms with E-state index in [0.717, 1.165) is 11.3 Å². The number of carbonyl (C=O) groups is 2. The first-order chi connectivity index (χ1) is 10.9. The Morgan fingerprint density at radius 1 is 1.26 bits per heavy atom. The SMILES string of the molecule is Cc1ccc(C(=O)NC(CO)C(=O)O)cc1N(CCCl)CCCl. The number of halogens is 2. The Morgan fingerprint density at radius 2 is 1.87 bits per heavy atom. The Hall–Kier alpha value is -1.50. The highest BCUT2D eigenvalue weighted by molar-refractivity contribution is 6.18. The van der Waals surface area contributed by atoms with Gasteiger partial charge in [0, 0.05) is 36.1 Å². The number of nitrogens with zero attached hydrogens (tertiary/aromatic N) is 1. The molecule has 128 valence electrons. The molecule has 0 spiro atoms. The average molecular weight is 363 g/mol. The van der Waals surface area contributed by atoms with Crippen LogP contribution in [0.15, 0.2) is 18.2 Å². The number of aliphatic hydroxyl groups is 1. The lowest BCUT2D eigenvalue weighted by atomic mass is 10.1. The molecule has 1 unspecified atom stereocenters. The molecule has 6 nitrogen and oxygen atoms in total. The summed E-state index contributed by atoms with van der Waals surface area (Å²) in [6.45, 7) is 2.38. The number of hydrogen-bond donors (Lipinski definition) is 3. The Labute approximate surface area is 145 Å². The molecule has 0 heterocycles. The van der Waals surface area contributed by atoms with E-state index in [1.807, 2.05) is 11.8 Å². The van der Waals surface area contributed by atoms with E-state index in [1.54, 1.807) is 18.2 Å². The standard InChI is InChI=1S/C15H20Cl2N2O4/c1-10-2-3-11(14(21)18-12(9-20)15(22)23)8-13(10)19(6-4-16)7-5-17/h2-3,8,12,20H,4-7,9H2,1H3,(H,18,21)(H,22,23). The number of rotatable bonds is 9. The molecule has 1 aromatic carbocycles. The summed E-state index contributed by atoms with van der Waals surface area (Å²) in [5.74, 6) is -1.03. The second kappa shape index (κ2) is 9.60. The van der Waals surface area contributed by atoms with Crippen molar-refractivity contribution in [3.05, 3.63) is 29.3 Å². The zero-order valence-electron chi connectivity index (χ0n) is 12.8. The third kappa shape index (κ3) is 5.57. The van der Waals surface area contributed by atoms with E-state index in [4.69, 9.17) is 33.4 Å². The van der Waals surface area contributed by atoms with Gasteiger partial charge in [-0.05, 0) is 24.6 Å². The summed E-state index contributed by atoms with van der Waals surface area (Å²) in [6, 6.07) is 3.70. The summed E-state index contributed by atoms with van der Waals surface area (Å²) in [5.41, 5.74) is 2.07. The van der Waals surface area contributed by atoms with Crippen molar-refractivity contribution in [2.75, 3.05) is 36.4 Å². The lowest BCUT2D eigenvalue weighted by Crippen LogP contribution is -2.43. The summed E-state index contributed by atoms with van der Waals surface area (Å²) in [6.07, 6.45) is 0. The van der Waals surface area contributed by atoms with Crippen LogP contribution in [-0.4, -0.2) is 59.6 Å². The number of carboxylic acid groups (broad SMARTS) is 1. The van der Waals surface area contributed by atoms with E-state index in [0.29, 0.717) is 30.4 Å². The highest BCUT2D eigenvalue weighted by Gasteiger charge is 2.20. The molecule has 23 heavy (non-hydrogen) atoms. The molecule has 1 atom stereocenters. The van der Waals surface area contributed by atoms with Gasteiger partial charge in [-0.2, -0.15) is 0 Å².